The molecule has 1 amide bonds. The number of ether oxygens (including phenoxy) is 1. The molecule has 1 fully saturated rings. The second-order valence-corrected chi connectivity index (χ2v) is 6.97. The summed E-state index contributed by atoms with van der Waals surface area (Å²) in [5.74, 6) is -0.956. The van der Waals surface area contributed by atoms with Gasteiger partial charge in [0.2, 0.25) is 5.88 Å². The first-order valence-electron chi connectivity index (χ1n) is 9.28. The van der Waals surface area contributed by atoms with Crippen molar-refractivity contribution in [1.29, 1.82) is 5.41 Å². The molecule has 0 spiro atoms. The van der Waals surface area contributed by atoms with Crippen molar-refractivity contribution in [3.05, 3.63) is 41.6 Å². The topological polar surface area (TPSA) is 151 Å². The predicted molar refractivity (Wildman–Crippen MR) is 106 cm³/mol. The van der Waals surface area contributed by atoms with Crippen LogP contribution in [0.2, 0.25) is 0 Å². The number of nitrogen functional groups attached to an aromatic ring is 1. The lowest BCUT2D eigenvalue weighted by Crippen LogP contribution is -2.39. The van der Waals surface area contributed by atoms with Crippen LogP contribution in [0.15, 0.2) is 30.5 Å². The fraction of sp³-hybridized carbons (Fsp3) is 0.350. The highest BCUT2D eigenvalue weighted by Gasteiger charge is 2.27. The van der Waals surface area contributed by atoms with Gasteiger partial charge < -0.3 is 20.9 Å². The fourth-order valence-corrected chi connectivity index (χ4v) is 3.36. The number of carboxylic acids is 1. The Hall–Kier alpha value is -3.49. The molecule has 1 aliphatic carbocycles. The Morgan fingerprint density at radius 1 is 1.21 bits per heavy atom. The molecule has 0 saturated heterocycles. The third-order valence-corrected chi connectivity index (χ3v) is 5.06. The highest BCUT2D eigenvalue weighted by molar-refractivity contribution is 5.97. The zero-order valence-corrected chi connectivity index (χ0v) is 16.0. The fourth-order valence-electron chi connectivity index (χ4n) is 3.36. The maximum atomic E-state index is 12.7. The molecule has 2 aromatic rings. The summed E-state index contributed by atoms with van der Waals surface area (Å²) in [5.41, 5.74) is 6.97. The van der Waals surface area contributed by atoms with Gasteiger partial charge in [0.1, 0.15) is 11.4 Å². The predicted octanol–water partition coefficient (Wildman–Crippen LogP) is 1.81. The van der Waals surface area contributed by atoms with Crippen molar-refractivity contribution in [3.63, 3.8) is 0 Å². The highest BCUT2D eigenvalue weighted by Crippen LogP contribution is 2.26. The number of nitrogens with one attached hydrogen (secondary N) is 2. The van der Waals surface area contributed by atoms with E-state index >= 15 is 0 Å². The molecule has 0 bridgehead atoms. The number of benzene rings is 1. The van der Waals surface area contributed by atoms with Crippen LogP contribution in [-0.2, 0) is 4.79 Å². The smallest absolute Gasteiger partial charge is 0.306 e. The molecule has 9 nitrogen and oxygen atoms in total. The van der Waals surface area contributed by atoms with E-state index in [4.69, 9.17) is 21.0 Å². The maximum Gasteiger partial charge on any atom is 0.306 e. The molecule has 1 aliphatic rings. The lowest BCUT2D eigenvalue weighted by Gasteiger charge is -2.26. The molecule has 0 aliphatic heterocycles. The molecule has 1 saturated carbocycles. The van der Waals surface area contributed by atoms with Crippen LogP contribution in [0.4, 0.5) is 0 Å². The summed E-state index contributed by atoms with van der Waals surface area (Å²) in [4.78, 5) is 32.3. The van der Waals surface area contributed by atoms with Gasteiger partial charge in [0.15, 0.2) is 5.82 Å². The number of aromatic nitrogens is 2. The number of amides is 1. The van der Waals surface area contributed by atoms with Crippen LogP contribution in [0, 0.1) is 11.3 Å². The summed E-state index contributed by atoms with van der Waals surface area (Å²) in [6.45, 7) is 0. The minimum absolute atomic E-state index is 0.0283. The SMILES string of the molecule is COc1nc(-c2ccc(C(=N)N)cc2)ncc1C(=O)NC1CCC(C(=O)O)CC1. The zero-order valence-electron chi connectivity index (χ0n) is 16.0. The van der Waals surface area contributed by atoms with Gasteiger partial charge in [-0.1, -0.05) is 24.3 Å². The molecule has 1 aromatic heterocycles. The van der Waals surface area contributed by atoms with Crippen LogP contribution in [0.25, 0.3) is 11.4 Å². The molecule has 0 radical (unpaired) electrons. The lowest BCUT2D eigenvalue weighted by atomic mass is 9.86. The zero-order chi connectivity index (χ0) is 21.0. The Morgan fingerprint density at radius 3 is 2.41 bits per heavy atom. The number of hydrogen-bond donors (Lipinski definition) is 4. The van der Waals surface area contributed by atoms with E-state index in [1.807, 2.05) is 0 Å². The number of methoxy groups -OCH3 is 1. The van der Waals surface area contributed by atoms with Crippen molar-refractivity contribution in [1.82, 2.24) is 15.3 Å². The number of carbonyl (C=O) groups is 2. The van der Waals surface area contributed by atoms with E-state index in [0.29, 0.717) is 42.6 Å². The molecule has 0 atom stereocenters. The molecule has 5 N–H and O–H groups in total. The third kappa shape index (κ3) is 4.68. The van der Waals surface area contributed by atoms with Crippen LogP contribution >= 0.6 is 0 Å². The highest BCUT2D eigenvalue weighted by atomic mass is 16.5. The normalized spacial score (nSPS) is 18.7. The molecular formula is C20H23N5O4. The van der Waals surface area contributed by atoms with Crippen molar-refractivity contribution in [2.75, 3.05) is 7.11 Å². The second-order valence-electron chi connectivity index (χ2n) is 6.97. The van der Waals surface area contributed by atoms with E-state index in [1.54, 1.807) is 24.3 Å². The van der Waals surface area contributed by atoms with Gasteiger partial charge >= 0.3 is 5.97 Å². The van der Waals surface area contributed by atoms with E-state index < -0.39 is 5.97 Å². The Bertz CT molecular complexity index is 921. The summed E-state index contributed by atoms with van der Waals surface area (Å²) < 4.78 is 5.28. The van der Waals surface area contributed by atoms with E-state index in [9.17, 15) is 9.59 Å². The monoisotopic (exact) mass is 397 g/mol. The summed E-state index contributed by atoms with van der Waals surface area (Å²) in [5, 5.41) is 19.4. The van der Waals surface area contributed by atoms with Gasteiger partial charge in [-0.15, -0.1) is 0 Å². The van der Waals surface area contributed by atoms with Crippen molar-refractivity contribution in [2.45, 2.75) is 31.7 Å². The summed E-state index contributed by atoms with van der Waals surface area (Å²) in [6, 6.07) is 6.79. The average Bonchev–Trinajstić information content (AvgIpc) is 2.73. The minimum Gasteiger partial charge on any atom is -0.481 e. The summed E-state index contributed by atoms with van der Waals surface area (Å²) in [6.07, 6.45) is 3.74. The second kappa shape index (κ2) is 8.68. The standard InChI is InChI=1S/C20H23N5O4/c1-29-19-15(18(26)24-14-8-6-13(7-9-14)20(27)28)10-23-17(25-19)12-4-2-11(3-5-12)16(21)22/h2-5,10,13-14H,6-9H2,1H3,(H3,21,22)(H,24,26)(H,27,28). The first kappa shape index (κ1) is 20.2. The average molecular weight is 397 g/mol. The van der Waals surface area contributed by atoms with Crippen LogP contribution in [0.5, 0.6) is 5.88 Å². The van der Waals surface area contributed by atoms with Gasteiger partial charge in [-0.3, -0.25) is 15.0 Å². The van der Waals surface area contributed by atoms with Crippen molar-refractivity contribution in [2.24, 2.45) is 11.7 Å². The first-order valence-corrected chi connectivity index (χ1v) is 9.28. The van der Waals surface area contributed by atoms with Crippen LogP contribution in [0.1, 0.15) is 41.6 Å². The Labute approximate surface area is 167 Å². The van der Waals surface area contributed by atoms with Gasteiger partial charge in [0.05, 0.1) is 13.0 Å². The third-order valence-electron chi connectivity index (χ3n) is 5.06. The number of aliphatic carboxylic acids is 1. The Balaban J connectivity index is 1.72. The quantitative estimate of drug-likeness (QED) is 0.428. The van der Waals surface area contributed by atoms with E-state index in [1.165, 1.54) is 13.3 Å². The molecule has 3 rings (SSSR count). The van der Waals surface area contributed by atoms with E-state index in [2.05, 4.69) is 15.3 Å². The molecule has 152 valence electrons. The summed E-state index contributed by atoms with van der Waals surface area (Å²) in [7, 11) is 1.43. The van der Waals surface area contributed by atoms with Crippen LogP contribution < -0.4 is 15.8 Å². The number of nitrogens with two attached hydrogens (primary N) is 1. The van der Waals surface area contributed by atoms with Gasteiger partial charge in [-0.2, -0.15) is 4.98 Å². The Morgan fingerprint density at radius 2 is 1.86 bits per heavy atom. The van der Waals surface area contributed by atoms with Crippen LogP contribution in [-0.4, -0.2) is 45.9 Å². The number of rotatable bonds is 6. The molecule has 0 unspecified atom stereocenters. The van der Waals surface area contributed by atoms with E-state index in [0.717, 1.165) is 0 Å². The number of carbonyl (C=O) groups excluding carboxylic acids is 1. The molecule has 9 heteroatoms. The van der Waals surface area contributed by atoms with Gasteiger partial charge in [-0.25, -0.2) is 4.98 Å². The van der Waals surface area contributed by atoms with Crippen molar-refractivity contribution in [3.8, 4) is 17.3 Å². The van der Waals surface area contributed by atoms with E-state index in [-0.39, 0.29) is 35.1 Å². The minimum atomic E-state index is -0.781. The van der Waals surface area contributed by atoms with Gasteiger partial charge in [-0.05, 0) is 25.7 Å². The summed E-state index contributed by atoms with van der Waals surface area (Å²) >= 11 is 0. The van der Waals surface area contributed by atoms with Crippen molar-refractivity contribution < 1.29 is 19.4 Å². The van der Waals surface area contributed by atoms with Gasteiger partial charge in [0, 0.05) is 23.4 Å². The van der Waals surface area contributed by atoms with Crippen molar-refractivity contribution >= 4 is 17.7 Å². The molecular weight excluding hydrogens is 374 g/mol. The first-order chi connectivity index (χ1) is 13.9. The lowest BCUT2D eigenvalue weighted by molar-refractivity contribution is -0.142. The molecule has 1 aromatic carbocycles. The number of amidine groups is 1. The van der Waals surface area contributed by atoms with Crippen LogP contribution in [0.3, 0.4) is 0 Å². The number of nitrogens with zero attached hydrogens (tertiary/aromatic N) is 2. The Kier molecular flexibility index (Phi) is 6.06. The largest absolute Gasteiger partial charge is 0.481 e. The van der Waals surface area contributed by atoms with Gasteiger partial charge in [0.25, 0.3) is 5.91 Å². The number of carboxylic acid groups (broad SMARTS) is 1. The maximum absolute atomic E-state index is 12.7. The molecule has 29 heavy (non-hydrogen) atoms. The number of hydrogen-bond acceptors (Lipinski definition) is 6. The molecule has 1 heterocycles.